The van der Waals surface area contributed by atoms with E-state index in [1.807, 2.05) is 6.92 Å². The van der Waals surface area contributed by atoms with Crippen LogP contribution in [0.4, 0.5) is 0 Å². The van der Waals surface area contributed by atoms with Gasteiger partial charge in [-0.05, 0) is 19.4 Å². The number of ether oxygens (including phenoxy) is 1. The highest BCUT2D eigenvalue weighted by Gasteiger charge is 2.23. The highest BCUT2D eigenvalue weighted by molar-refractivity contribution is 7.86. The van der Waals surface area contributed by atoms with Gasteiger partial charge in [-0.2, -0.15) is 8.42 Å². The molecule has 5 nitrogen and oxygen atoms in total. The fourth-order valence-electron chi connectivity index (χ4n) is 1.92. The summed E-state index contributed by atoms with van der Waals surface area (Å²) in [6.07, 6.45) is 1.81. The zero-order valence-corrected chi connectivity index (χ0v) is 10.6. The summed E-state index contributed by atoms with van der Waals surface area (Å²) in [6, 6.07) is 0. The molecule has 0 bridgehead atoms. The normalized spacial score (nSPS) is 20.9. The molecule has 1 saturated heterocycles. The first-order valence-corrected chi connectivity index (χ1v) is 7.30. The summed E-state index contributed by atoms with van der Waals surface area (Å²) in [5, 5.41) is -0.611. The smallest absolute Gasteiger partial charge is 0.267 e. The van der Waals surface area contributed by atoms with Crippen LogP contribution in [0.3, 0.4) is 0 Å². The zero-order chi connectivity index (χ0) is 12.0. The molecule has 1 heterocycles. The quantitative estimate of drug-likeness (QED) is 0.706. The molecule has 0 aromatic rings. The fraction of sp³-hybridized carbons (Fsp3) is 1.00. The van der Waals surface area contributed by atoms with E-state index in [-0.39, 0.29) is 0 Å². The van der Waals surface area contributed by atoms with Crippen LogP contribution in [0.15, 0.2) is 0 Å². The molecule has 1 unspecified atom stereocenters. The van der Waals surface area contributed by atoms with Crippen molar-refractivity contribution < 1.29 is 17.7 Å². The summed E-state index contributed by atoms with van der Waals surface area (Å²) >= 11 is 0. The number of nitrogens with zero attached hydrogens (tertiary/aromatic N) is 1. The van der Waals surface area contributed by atoms with Crippen LogP contribution in [0, 0.1) is 0 Å². The van der Waals surface area contributed by atoms with Gasteiger partial charge in [0.2, 0.25) is 0 Å². The van der Waals surface area contributed by atoms with Crippen molar-refractivity contribution in [3.63, 3.8) is 0 Å². The first-order valence-electron chi connectivity index (χ1n) is 5.80. The molecular formula is C10H21NO4S. The minimum Gasteiger partial charge on any atom is -0.379 e. The van der Waals surface area contributed by atoms with Crippen LogP contribution in [-0.4, -0.2) is 56.0 Å². The molecule has 0 amide bonds. The molecule has 0 aromatic carbocycles. The highest BCUT2D eigenvalue weighted by Crippen LogP contribution is 2.12. The van der Waals surface area contributed by atoms with E-state index in [4.69, 9.17) is 9.29 Å². The van der Waals surface area contributed by atoms with Crippen molar-refractivity contribution in [1.29, 1.82) is 0 Å². The number of morpholine rings is 1. The lowest BCUT2D eigenvalue weighted by atomic mass is 10.2. The lowest BCUT2D eigenvalue weighted by Gasteiger charge is -2.27. The van der Waals surface area contributed by atoms with Crippen LogP contribution >= 0.6 is 0 Å². The van der Waals surface area contributed by atoms with Crippen LogP contribution in [0.2, 0.25) is 0 Å². The third-order valence-electron chi connectivity index (χ3n) is 2.90. The van der Waals surface area contributed by atoms with Gasteiger partial charge in [-0.15, -0.1) is 0 Å². The van der Waals surface area contributed by atoms with Crippen LogP contribution in [0.1, 0.15) is 26.2 Å². The molecule has 1 rings (SSSR count). The van der Waals surface area contributed by atoms with Crippen molar-refractivity contribution in [2.75, 3.05) is 32.8 Å². The summed E-state index contributed by atoms with van der Waals surface area (Å²) in [5.41, 5.74) is 0. The predicted octanol–water partition coefficient (Wildman–Crippen LogP) is 0.765. The minimum absolute atomic E-state index is 0.507. The zero-order valence-electron chi connectivity index (χ0n) is 9.76. The van der Waals surface area contributed by atoms with Crippen LogP contribution in [0.5, 0.6) is 0 Å². The van der Waals surface area contributed by atoms with E-state index >= 15 is 0 Å². The Labute approximate surface area is 97.5 Å². The Morgan fingerprint density at radius 2 is 1.94 bits per heavy atom. The second-order valence-electron chi connectivity index (χ2n) is 4.17. The highest BCUT2D eigenvalue weighted by atomic mass is 32.2. The average Bonchev–Trinajstić information content (AvgIpc) is 2.24. The van der Waals surface area contributed by atoms with Gasteiger partial charge in [0.25, 0.3) is 10.1 Å². The Bertz CT molecular complexity index is 285. The lowest BCUT2D eigenvalue weighted by Crippen LogP contribution is -2.38. The molecule has 0 aliphatic carbocycles. The number of rotatable bonds is 6. The Morgan fingerprint density at radius 3 is 2.44 bits per heavy atom. The Kier molecular flexibility index (Phi) is 5.68. The van der Waals surface area contributed by atoms with Gasteiger partial charge < -0.3 is 4.74 Å². The summed E-state index contributed by atoms with van der Waals surface area (Å²) in [4.78, 5) is 2.18. The van der Waals surface area contributed by atoms with Gasteiger partial charge in [-0.25, -0.2) is 0 Å². The second-order valence-corrected chi connectivity index (χ2v) is 5.86. The fourth-order valence-corrected chi connectivity index (χ4v) is 2.85. The SMILES string of the molecule is CCCC(CCN1CCOCC1)S(=O)(=O)O. The molecule has 1 N–H and O–H groups in total. The number of hydrogen-bond donors (Lipinski definition) is 1. The second kappa shape index (κ2) is 6.54. The van der Waals surface area contributed by atoms with Crippen LogP contribution in [0.25, 0.3) is 0 Å². The van der Waals surface area contributed by atoms with E-state index in [0.717, 1.165) is 19.5 Å². The van der Waals surface area contributed by atoms with Gasteiger partial charge in [0.15, 0.2) is 0 Å². The minimum atomic E-state index is -3.89. The van der Waals surface area contributed by atoms with Gasteiger partial charge in [-0.1, -0.05) is 13.3 Å². The molecule has 1 aliphatic heterocycles. The van der Waals surface area contributed by atoms with Crippen LogP contribution in [-0.2, 0) is 14.9 Å². The molecule has 1 aliphatic rings. The molecule has 0 spiro atoms. The Morgan fingerprint density at radius 1 is 1.31 bits per heavy atom. The van der Waals surface area contributed by atoms with Gasteiger partial charge >= 0.3 is 0 Å². The molecule has 0 aromatic heterocycles. The van der Waals surface area contributed by atoms with Crippen molar-refractivity contribution >= 4 is 10.1 Å². The first-order chi connectivity index (χ1) is 7.54. The van der Waals surface area contributed by atoms with Gasteiger partial charge in [0, 0.05) is 13.1 Å². The van der Waals surface area contributed by atoms with E-state index in [0.29, 0.717) is 32.6 Å². The standard InChI is InChI=1S/C10H21NO4S/c1-2-3-10(16(12,13)14)4-5-11-6-8-15-9-7-11/h10H,2-9H2,1H3,(H,12,13,14). The maximum absolute atomic E-state index is 11.1. The van der Waals surface area contributed by atoms with E-state index < -0.39 is 15.4 Å². The van der Waals surface area contributed by atoms with Crippen LogP contribution < -0.4 is 0 Å². The maximum atomic E-state index is 11.1. The van der Waals surface area contributed by atoms with Crippen molar-refractivity contribution in [3.8, 4) is 0 Å². The number of hydrogen-bond acceptors (Lipinski definition) is 4. The summed E-state index contributed by atoms with van der Waals surface area (Å²) in [6.45, 7) is 5.77. The molecule has 0 radical (unpaired) electrons. The molecule has 96 valence electrons. The van der Waals surface area contributed by atoms with Crippen molar-refractivity contribution in [3.05, 3.63) is 0 Å². The topological polar surface area (TPSA) is 66.8 Å². The monoisotopic (exact) mass is 251 g/mol. The van der Waals surface area contributed by atoms with Crippen molar-refractivity contribution in [1.82, 2.24) is 4.90 Å². The van der Waals surface area contributed by atoms with E-state index in [1.165, 1.54) is 0 Å². The largest absolute Gasteiger partial charge is 0.379 e. The third-order valence-corrected chi connectivity index (χ3v) is 4.22. The molecule has 0 saturated carbocycles. The van der Waals surface area contributed by atoms with Gasteiger partial charge in [0.1, 0.15) is 0 Å². The van der Waals surface area contributed by atoms with E-state index in [1.54, 1.807) is 0 Å². The van der Waals surface area contributed by atoms with E-state index in [9.17, 15) is 8.42 Å². The summed E-state index contributed by atoms with van der Waals surface area (Å²) in [7, 11) is -3.89. The Hall–Kier alpha value is -0.170. The molecule has 6 heteroatoms. The summed E-state index contributed by atoms with van der Waals surface area (Å²) in [5.74, 6) is 0. The first kappa shape index (κ1) is 13.9. The van der Waals surface area contributed by atoms with Gasteiger partial charge in [-0.3, -0.25) is 9.45 Å². The molecular weight excluding hydrogens is 230 g/mol. The molecule has 16 heavy (non-hydrogen) atoms. The summed E-state index contributed by atoms with van der Waals surface area (Å²) < 4.78 is 36.5. The predicted molar refractivity (Wildman–Crippen MR) is 62.1 cm³/mol. The third kappa shape index (κ3) is 4.78. The van der Waals surface area contributed by atoms with Crippen molar-refractivity contribution in [2.24, 2.45) is 0 Å². The molecule has 1 fully saturated rings. The maximum Gasteiger partial charge on any atom is 0.267 e. The Balaban J connectivity index is 2.37. The van der Waals surface area contributed by atoms with E-state index in [2.05, 4.69) is 4.90 Å². The lowest BCUT2D eigenvalue weighted by molar-refractivity contribution is 0.0372. The average molecular weight is 251 g/mol. The molecule has 1 atom stereocenters. The van der Waals surface area contributed by atoms with Gasteiger partial charge in [0.05, 0.1) is 18.5 Å². The van der Waals surface area contributed by atoms with Crippen molar-refractivity contribution in [2.45, 2.75) is 31.4 Å².